The molecule has 2 aromatic carbocycles. The molecule has 0 fully saturated rings. The van der Waals surface area contributed by atoms with Crippen LogP contribution in [0.25, 0.3) is 0 Å². The molecule has 0 aliphatic carbocycles. The van der Waals surface area contributed by atoms with Crippen molar-refractivity contribution in [2.24, 2.45) is 0 Å². The lowest BCUT2D eigenvalue weighted by atomic mass is 9.95. The highest BCUT2D eigenvalue weighted by Gasteiger charge is 2.18. The second-order valence-electron chi connectivity index (χ2n) is 5.19. The van der Waals surface area contributed by atoms with Gasteiger partial charge < -0.3 is 5.32 Å². The molecule has 0 spiro atoms. The van der Waals surface area contributed by atoms with E-state index < -0.39 is 11.6 Å². The van der Waals surface area contributed by atoms with Crippen LogP contribution in [0.2, 0.25) is 0 Å². The lowest BCUT2D eigenvalue weighted by Crippen LogP contribution is -2.19. The molecule has 0 amide bonds. The zero-order valence-corrected chi connectivity index (χ0v) is 12.0. The number of halogens is 2. The SMILES string of the molecule is CNC(c1ccc(C(C)C)cc1)c1cccc(F)c1F. The first-order valence-corrected chi connectivity index (χ1v) is 6.75. The molecule has 20 heavy (non-hydrogen) atoms. The molecule has 0 heterocycles. The molecule has 1 nitrogen and oxygen atoms in total. The summed E-state index contributed by atoms with van der Waals surface area (Å²) in [6.07, 6.45) is 0. The molecule has 0 saturated heterocycles. The number of rotatable bonds is 4. The first-order chi connectivity index (χ1) is 9.54. The van der Waals surface area contributed by atoms with Crippen LogP contribution in [0, 0.1) is 11.6 Å². The van der Waals surface area contributed by atoms with Crippen molar-refractivity contribution in [2.45, 2.75) is 25.8 Å². The van der Waals surface area contributed by atoms with Crippen LogP contribution in [-0.4, -0.2) is 7.05 Å². The topological polar surface area (TPSA) is 12.0 Å². The van der Waals surface area contributed by atoms with E-state index in [-0.39, 0.29) is 6.04 Å². The third kappa shape index (κ3) is 2.88. The molecule has 2 rings (SSSR count). The summed E-state index contributed by atoms with van der Waals surface area (Å²) in [5.41, 5.74) is 2.47. The minimum Gasteiger partial charge on any atom is -0.309 e. The van der Waals surface area contributed by atoms with Crippen LogP contribution >= 0.6 is 0 Å². The van der Waals surface area contributed by atoms with Gasteiger partial charge in [-0.05, 0) is 30.2 Å². The van der Waals surface area contributed by atoms with Gasteiger partial charge >= 0.3 is 0 Å². The van der Waals surface area contributed by atoms with Crippen LogP contribution < -0.4 is 5.32 Å². The van der Waals surface area contributed by atoms with E-state index in [2.05, 4.69) is 19.2 Å². The van der Waals surface area contributed by atoms with Gasteiger partial charge in [-0.15, -0.1) is 0 Å². The van der Waals surface area contributed by atoms with Gasteiger partial charge in [-0.1, -0.05) is 50.2 Å². The van der Waals surface area contributed by atoms with Crippen LogP contribution in [-0.2, 0) is 0 Å². The van der Waals surface area contributed by atoms with E-state index in [1.807, 2.05) is 24.3 Å². The number of hydrogen-bond donors (Lipinski definition) is 1. The summed E-state index contributed by atoms with van der Waals surface area (Å²) in [6, 6.07) is 11.9. The van der Waals surface area contributed by atoms with Crippen LogP contribution in [0.1, 0.15) is 42.5 Å². The molecular weight excluding hydrogens is 256 g/mol. The standard InChI is InChI=1S/C17H19F2N/c1-11(2)12-7-9-13(10-8-12)17(20-3)14-5-4-6-15(18)16(14)19/h4-11,17,20H,1-3H3. The Hall–Kier alpha value is -1.74. The lowest BCUT2D eigenvalue weighted by molar-refractivity contribution is 0.487. The smallest absolute Gasteiger partial charge is 0.163 e. The third-order valence-corrected chi connectivity index (χ3v) is 3.52. The van der Waals surface area contributed by atoms with E-state index in [4.69, 9.17) is 0 Å². The maximum atomic E-state index is 13.9. The van der Waals surface area contributed by atoms with Gasteiger partial charge in [-0.3, -0.25) is 0 Å². The molecule has 0 aliphatic heterocycles. The molecule has 1 N–H and O–H groups in total. The van der Waals surface area contributed by atoms with E-state index in [0.29, 0.717) is 11.5 Å². The fourth-order valence-electron chi connectivity index (χ4n) is 2.32. The van der Waals surface area contributed by atoms with Crippen LogP contribution in [0.5, 0.6) is 0 Å². The highest BCUT2D eigenvalue weighted by Crippen LogP contribution is 2.26. The molecule has 0 saturated carbocycles. The average molecular weight is 275 g/mol. The Morgan fingerprint density at radius 3 is 2.05 bits per heavy atom. The van der Waals surface area contributed by atoms with E-state index >= 15 is 0 Å². The fourth-order valence-corrected chi connectivity index (χ4v) is 2.32. The van der Waals surface area contributed by atoms with Crippen LogP contribution in [0.3, 0.4) is 0 Å². The molecule has 0 bridgehead atoms. The summed E-state index contributed by atoms with van der Waals surface area (Å²) < 4.78 is 27.3. The summed E-state index contributed by atoms with van der Waals surface area (Å²) in [5.74, 6) is -1.16. The quantitative estimate of drug-likeness (QED) is 0.872. The Balaban J connectivity index is 2.39. The monoisotopic (exact) mass is 275 g/mol. The van der Waals surface area contributed by atoms with Gasteiger partial charge in [0.1, 0.15) is 0 Å². The number of nitrogens with one attached hydrogen (secondary N) is 1. The van der Waals surface area contributed by atoms with Crippen LogP contribution in [0.15, 0.2) is 42.5 Å². The molecule has 0 radical (unpaired) electrons. The molecule has 2 aromatic rings. The van der Waals surface area contributed by atoms with E-state index in [1.54, 1.807) is 13.1 Å². The second-order valence-corrected chi connectivity index (χ2v) is 5.19. The maximum absolute atomic E-state index is 13.9. The summed E-state index contributed by atoms with van der Waals surface area (Å²) in [5, 5.41) is 3.04. The van der Waals surface area contributed by atoms with Crippen molar-refractivity contribution in [3.05, 3.63) is 70.8 Å². The Morgan fingerprint density at radius 2 is 1.50 bits per heavy atom. The van der Waals surface area contributed by atoms with Crippen molar-refractivity contribution in [1.82, 2.24) is 5.32 Å². The predicted octanol–water partition coefficient (Wildman–Crippen LogP) is 4.40. The molecule has 0 aromatic heterocycles. The predicted molar refractivity (Wildman–Crippen MR) is 77.8 cm³/mol. The highest BCUT2D eigenvalue weighted by atomic mass is 19.2. The molecule has 0 aliphatic rings. The largest absolute Gasteiger partial charge is 0.309 e. The Morgan fingerprint density at radius 1 is 0.900 bits per heavy atom. The summed E-state index contributed by atoms with van der Waals surface area (Å²) in [4.78, 5) is 0. The van der Waals surface area contributed by atoms with Crippen molar-refractivity contribution < 1.29 is 8.78 Å². The van der Waals surface area contributed by atoms with E-state index in [0.717, 1.165) is 11.6 Å². The first kappa shape index (κ1) is 14.7. The zero-order valence-electron chi connectivity index (χ0n) is 12.0. The zero-order chi connectivity index (χ0) is 14.7. The Kier molecular flexibility index (Phi) is 4.50. The van der Waals surface area contributed by atoms with Gasteiger partial charge in [0, 0.05) is 5.56 Å². The normalized spacial score (nSPS) is 12.7. The molecular formula is C17H19F2N. The van der Waals surface area contributed by atoms with Crippen molar-refractivity contribution in [2.75, 3.05) is 7.05 Å². The van der Waals surface area contributed by atoms with Crippen molar-refractivity contribution in [3.63, 3.8) is 0 Å². The summed E-state index contributed by atoms with van der Waals surface area (Å²) in [6.45, 7) is 4.24. The first-order valence-electron chi connectivity index (χ1n) is 6.75. The third-order valence-electron chi connectivity index (χ3n) is 3.52. The van der Waals surface area contributed by atoms with Gasteiger partial charge in [0.2, 0.25) is 0 Å². The number of benzene rings is 2. The molecule has 1 unspecified atom stereocenters. The van der Waals surface area contributed by atoms with Gasteiger partial charge in [0.25, 0.3) is 0 Å². The summed E-state index contributed by atoms with van der Waals surface area (Å²) >= 11 is 0. The Labute approximate surface area is 118 Å². The Bertz CT molecular complexity index is 576. The van der Waals surface area contributed by atoms with Crippen molar-refractivity contribution in [1.29, 1.82) is 0 Å². The molecule has 1 atom stereocenters. The van der Waals surface area contributed by atoms with E-state index in [9.17, 15) is 8.78 Å². The van der Waals surface area contributed by atoms with E-state index in [1.165, 1.54) is 11.6 Å². The highest BCUT2D eigenvalue weighted by molar-refractivity contribution is 5.35. The fraction of sp³-hybridized carbons (Fsp3) is 0.294. The lowest BCUT2D eigenvalue weighted by Gasteiger charge is -2.19. The molecule has 106 valence electrons. The van der Waals surface area contributed by atoms with Crippen LogP contribution in [0.4, 0.5) is 8.78 Å². The number of hydrogen-bond acceptors (Lipinski definition) is 1. The second kappa shape index (κ2) is 6.14. The minimum atomic E-state index is -0.818. The van der Waals surface area contributed by atoms with Gasteiger partial charge in [-0.2, -0.15) is 0 Å². The average Bonchev–Trinajstić information content (AvgIpc) is 2.45. The van der Waals surface area contributed by atoms with Gasteiger partial charge in [0.05, 0.1) is 6.04 Å². The van der Waals surface area contributed by atoms with Crippen molar-refractivity contribution in [3.8, 4) is 0 Å². The van der Waals surface area contributed by atoms with Gasteiger partial charge in [0.15, 0.2) is 11.6 Å². The van der Waals surface area contributed by atoms with Crippen molar-refractivity contribution >= 4 is 0 Å². The minimum absolute atomic E-state index is 0.324. The maximum Gasteiger partial charge on any atom is 0.163 e. The molecule has 3 heteroatoms. The summed E-state index contributed by atoms with van der Waals surface area (Å²) in [7, 11) is 1.74. The van der Waals surface area contributed by atoms with Gasteiger partial charge in [-0.25, -0.2) is 8.78 Å².